The first-order chi connectivity index (χ1) is 11.6. The van der Waals surface area contributed by atoms with E-state index in [1.807, 2.05) is 6.07 Å². The molecule has 4 rings (SSSR count). The maximum atomic E-state index is 11.2. The van der Waals surface area contributed by atoms with Crippen molar-refractivity contribution in [3.63, 3.8) is 0 Å². The Morgan fingerprint density at radius 2 is 2.12 bits per heavy atom. The fraction of sp³-hybridized carbons (Fsp3) is 0.133. The van der Waals surface area contributed by atoms with E-state index in [1.54, 1.807) is 19.1 Å². The molecule has 0 spiro atoms. The molecular formula is C15H13N7O2. The van der Waals surface area contributed by atoms with Crippen molar-refractivity contribution in [2.45, 2.75) is 13.0 Å². The Bertz CT molecular complexity index is 1080. The largest absolute Gasteiger partial charge is 0.424 e. The van der Waals surface area contributed by atoms with E-state index in [1.165, 1.54) is 11.0 Å². The first kappa shape index (κ1) is 14.1. The van der Waals surface area contributed by atoms with Gasteiger partial charge in [-0.3, -0.25) is 0 Å². The summed E-state index contributed by atoms with van der Waals surface area (Å²) in [7, 11) is 0. The Balaban J connectivity index is 2.02. The third-order valence-electron chi connectivity index (χ3n) is 3.78. The van der Waals surface area contributed by atoms with Crippen LogP contribution in [0.5, 0.6) is 0 Å². The third-order valence-corrected chi connectivity index (χ3v) is 3.78. The molecule has 4 aromatic rings. The van der Waals surface area contributed by atoms with E-state index in [9.17, 15) is 4.79 Å². The lowest BCUT2D eigenvalue weighted by Gasteiger charge is -2.04. The van der Waals surface area contributed by atoms with Gasteiger partial charge >= 0.3 is 0 Å². The molecule has 0 fully saturated rings. The Hall–Kier alpha value is -3.49. The van der Waals surface area contributed by atoms with Crippen LogP contribution < -0.4 is 11.5 Å². The maximum absolute atomic E-state index is 11.2. The zero-order chi connectivity index (χ0) is 16.8. The number of fused-ring (bicyclic) bond motifs is 2. The molecule has 0 amide bonds. The molecule has 0 radical (unpaired) electrons. The van der Waals surface area contributed by atoms with Crippen LogP contribution in [-0.2, 0) is 4.79 Å². The number of nitrogens with two attached hydrogens (primary N) is 2. The fourth-order valence-electron chi connectivity index (χ4n) is 2.63. The number of nitrogen functional groups attached to an aromatic ring is 2. The van der Waals surface area contributed by atoms with Crippen molar-refractivity contribution in [3.05, 3.63) is 24.5 Å². The molecule has 1 aromatic carbocycles. The molecule has 3 aromatic heterocycles. The van der Waals surface area contributed by atoms with Gasteiger partial charge in [0.05, 0.1) is 5.39 Å². The molecule has 9 heteroatoms. The van der Waals surface area contributed by atoms with Gasteiger partial charge in [-0.25, -0.2) is 14.6 Å². The number of nitrogens with zero attached hydrogens (tertiary/aromatic N) is 5. The van der Waals surface area contributed by atoms with E-state index in [0.29, 0.717) is 33.6 Å². The van der Waals surface area contributed by atoms with Gasteiger partial charge in [0.15, 0.2) is 11.2 Å². The predicted octanol–water partition coefficient (Wildman–Crippen LogP) is 1.56. The summed E-state index contributed by atoms with van der Waals surface area (Å²) >= 11 is 0. The van der Waals surface area contributed by atoms with Crippen molar-refractivity contribution in [1.29, 1.82) is 0 Å². The summed E-state index contributed by atoms with van der Waals surface area (Å²) in [5, 5.41) is 5.10. The van der Waals surface area contributed by atoms with Crippen LogP contribution in [0.15, 0.2) is 28.9 Å². The molecule has 0 bridgehead atoms. The van der Waals surface area contributed by atoms with Crippen molar-refractivity contribution in [3.8, 4) is 11.3 Å². The summed E-state index contributed by atoms with van der Waals surface area (Å²) in [6.07, 6.45) is 2.13. The normalized spacial score (nSPS) is 12.7. The van der Waals surface area contributed by atoms with Gasteiger partial charge in [-0.2, -0.15) is 10.1 Å². The van der Waals surface area contributed by atoms with E-state index in [0.717, 1.165) is 11.8 Å². The summed E-state index contributed by atoms with van der Waals surface area (Å²) < 4.78 is 6.80. The summed E-state index contributed by atoms with van der Waals surface area (Å²) in [6, 6.07) is 4.97. The standard InChI is InChI=1S/C15H13N7O2/c1-7(5-23)22-14-11(13(16)18-6-19-14)12(21-22)8-2-3-10-9(4-8)20-15(17)24-10/h2-7H,1H3,(H2,17,20)(H2,16,18,19). The molecule has 0 saturated heterocycles. The van der Waals surface area contributed by atoms with Crippen LogP contribution in [0.25, 0.3) is 33.4 Å². The highest BCUT2D eigenvalue weighted by molar-refractivity contribution is 5.99. The minimum atomic E-state index is -0.484. The number of hydrogen-bond donors (Lipinski definition) is 2. The summed E-state index contributed by atoms with van der Waals surface area (Å²) in [6.45, 7) is 1.73. The molecule has 120 valence electrons. The summed E-state index contributed by atoms with van der Waals surface area (Å²) in [5.41, 5.74) is 14.6. The van der Waals surface area contributed by atoms with Gasteiger partial charge in [0, 0.05) is 5.56 Å². The van der Waals surface area contributed by atoms with Crippen LogP contribution in [0.2, 0.25) is 0 Å². The first-order valence-corrected chi connectivity index (χ1v) is 7.19. The summed E-state index contributed by atoms with van der Waals surface area (Å²) in [5.74, 6) is 0.291. The van der Waals surface area contributed by atoms with Gasteiger partial charge in [-0.15, -0.1) is 0 Å². The molecule has 1 atom stereocenters. The van der Waals surface area contributed by atoms with Gasteiger partial charge in [0.1, 0.15) is 35.7 Å². The topological polar surface area (TPSA) is 139 Å². The van der Waals surface area contributed by atoms with Gasteiger partial charge in [-0.1, -0.05) is 0 Å². The Labute approximate surface area is 135 Å². The minimum Gasteiger partial charge on any atom is -0.424 e. The molecule has 1 unspecified atom stereocenters. The number of carbonyl (C=O) groups is 1. The second-order valence-corrected chi connectivity index (χ2v) is 5.36. The van der Waals surface area contributed by atoms with Crippen molar-refractivity contribution in [1.82, 2.24) is 24.7 Å². The zero-order valence-electron chi connectivity index (χ0n) is 12.7. The number of rotatable bonds is 3. The molecular weight excluding hydrogens is 310 g/mol. The second-order valence-electron chi connectivity index (χ2n) is 5.36. The molecule has 0 saturated carbocycles. The Morgan fingerprint density at radius 1 is 1.29 bits per heavy atom. The third kappa shape index (κ3) is 1.98. The van der Waals surface area contributed by atoms with Crippen LogP contribution in [0.1, 0.15) is 13.0 Å². The van der Waals surface area contributed by atoms with Crippen LogP contribution >= 0.6 is 0 Å². The molecule has 24 heavy (non-hydrogen) atoms. The lowest BCUT2D eigenvalue weighted by Crippen LogP contribution is -2.08. The highest BCUT2D eigenvalue weighted by Crippen LogP contribution is 2.33. The minimum absolute atomic E-state index is 0.0926. The van der Waals surface area contributed by atoms with Gasteiger partial charge in [-0.05, 0) is 25.1 Å². The van der Waals surface area contributed by atoms with E-state index >= 15 is 0 Å². The van der Waals surface area contributed by atoms with Crippen molar-refractivity contribution >= 4 is 40.3 Å². The van der Waals surface area contributed by atoms with Crippen molar-refractivity contribution in [2.24, 2.45) is 0 Å². The molecule has 0 aliphatic heterocycles. The van der Waals surface area contributed by atoms with E-state index < -0.39 is 6.04 Å². The number of aldehydes is 1. The van der Waals surface area contributed by atoms with Crippen LogP contribution in [0, 0.1) is 0 Å². The van der Waals surface area contributed by atoms with Crippen LogP contribution in [0.3, 0.4) is 0 Å². The molecule has 9 nitrogen and oxygen atoms in total. The SMILES string of the molecule is CC(C=O)n1nc(-c2ccc3oc(N)nc3c2)c2c(N)ncnc21. The number of hydrogen-bond acceptors (Lipinski definition) is 8. The van der Waals surface area contributed by atoms with E-state index in [-0.39, 0.29) is 6.01 Å². The van der Waals surface area contributed by atoms with E-state index in [4.69, 9.17) is 15.9 Å². The first-order valence-electron chi connectivity index (χ1n) is 7.19. The zero-order valence-corrected chi connectivity index (χ0v) is 12.7. The van der Waals surface area contributed by atoms with E-state index in [2.05, 4.69) is 20.1 Å². The highest BCUT2D eigenvalue weighted by atomic mass is 16.4. The van der Waals surface area contributed by atoms with Crippen molar-refractivity contribution in [2.75, 3.05) is 11.5 Å². The second kappa shape index (κ2) is 5.01. The van der Waals surface area contributed by atoms with Crippen LogP contribution in [-0.4, -0.2) is 31.0 Å². The quantitative estimate of drug-likeness (QED) is 0.541. The number of anilines is 2. The lowest BCUT2D eigenvalue weighted by atomic mass is 10.1. The predicted molar refractivity (Wildman–Crippen MR) is 87.9 cm³/mol. The highest BCUT2D eigenvalue weighted by Gasteiger charge is 2.20. The van der Waals surface area contributed by atoms with Gasteiger partial charge in [0.2, 0.25) is 0 Å². The molecule has 0 aliphatic carbocycles. The average molecular weight is 323 g/mol. The molecule has 0 aliphatic rings. The maximum Gasteiger partial charge on any atom is 0.292 e. The van der Waals surface area contributed by atoms with Crippen molar-refractivity contribution < 1.29 is 9.21 Å². The lowest BCUT2D eigenvalue weighted by molar-refractivity contribution is -0.110. The monoisotopic (exact) mass is 323 g/mol. The smallest absolute Gasteiger partial charge is 0.292 e. The van der Waals surface area contributed by atoms with Gasteiger partial charge in [0.25, 0.3) is 6.01 Å². The number of oxazole rings is 1. The number of benzene rings is 1. The van der Waals surface area contributed by atoms with Gasteiger partial charge < -0.3 is 20.7 Å². The summed E-state index contributed by atoms with van der Waals surface area (Å²) in [4.78, 5) is 23.6. The fourth-order valence-corrected chi connectivity index (χ4v) is 2.63. The number of carbonyl (C=O) groups excluding carboxylic acids is 1. The number of aromatic nitrogens is 5. The Kier molecular flexibility index (Phi) is 2.95. The molecule has 3 heterocycles. The molecule has 4 N–H and O–H groups in total. The average Bonchev–Trinajstić information content (AvgIpc) is 3.14. The Morgan fingerprint density at radius 3 is 2.92 bits per heavy atom. The van der Waals surface area contributed by atoms with Crippen LogP contribution in [0.4, 0.5) is 11.8 Å².